The molecule has 3 aromatic rings. The first kappa shape index (κ1) is 34.5. The standard InChI is InChI=1S/C31H36Cl3N3O5S/c1-6-21(4)35-31(39)27(7-2)36(18-22-10-14-25(33)26(34)16-22)30(38)19-37(28-17-23(32)11-15-29(28)42-5)43(40,41)24-12-8-20(3)9-13-24/h8-17,21,27H,6-7,18-19H2,1-5H3,(H,35,39)/t21-,27-/m1/s1. The minimum absolute atomic E-state index is 0.0206. The van der Waals surface area contributed by atoms with Gasteiger partial charge in [0.25, 0.3) is 10.0 Å². The highest BCUT2D eigenvalue weighted by Crippen LogP contribution is 2.35. The molecule has 0 aliphatic heterocycles. The van der Waals surface area contributed by atoms with Crippen LogP contribution in [0.2, 0.25) is 15.1 Å². The number of amides is 2. The van der Waals surface area contributed by atoms with Crippen molar-refractivity contribution in [3.05, 3.63) is 86.9 Å². The minimum atomic E-state index is -4.30. The summed E-state index contributed by atoms with van der Waals surface area (Å²) in [5.74, 6) is -0.765. The van der Waals surface area contributed by atoms with Crippen LogP contribution >= 0.6 is 34.8 Å². The summed E-state index contributed by atoms with van der Waals surface area (Å²) in [4.78, 5) is 29.0. The fourth-order valence-electron chi connectivity index (χ4n) is 4.40. The monoisotopic (exact) mass is 667 g/mol. The summed E-state index contributed by atoms with van der Waals surface area (Å²) in [6.07, 6.45) is 0.973. The average molecular weight is 669 g/mol. The number of halogens is 3. The lowest BCUT2D eigenvalue weighted by Gasteiger charge is -2.34. The van der Waals surface area contributed by atoms with Crippen LogP contribution in [0.1, 0.15) is 44.7 Å². The van der Waals surface area contributed by atoms with E-state index in [0.29, 0.717) is 17.0 Å². The van der Waals surface area contributed by atoms with Crippen LogP contribution in [0.15, 0.2) is 65.6 Å². The molecule has 8 nitrogen and oxygen atoms in total. The topological polar surface area (TPSA) is 96.0 Å². The Hall–Kier alpha value is -2.98. The summed E-state index contributed by atoms with van der Waals surface area (Å²) in [5.41, 5.74) is 1.56. The van der Waals surface area contributed by atoms with Crippen LogP contribution in [0.3, 0.4) is 0 Å². The number of rotatable bonds is 13. The summed E-state index contributed by atoms with van der Waals surface area (Å²) in [5, 5.41) is 3.82. The van der Waals surface area contributed by atoms with Gasteiger partial charge in [-0.15, -0.1) is 0 Å². The number of ether oxygens (including phenoxy) is 1. The van der Waals surface area contributed by atoms with Crippen LogP contribution in [-0.2, 0) is 26.2 Å². The number of anilines is 1. The molecule has 3 rings (SSSR count). The van der Waals surface area contributed by atoms with Gasteiger partial charge in [0.1, 0.15) is 18.3 Å². The van der Waals surface area contributed by atoms with E-state index < -0.39 is 28.5 Å². The SMILES string of the molecule is CC[C@@H](C)NC(=O)[C@@H](CC)N(Cc1ccc(Cl)c(Cl)c1)C(=O)CN(c1cc(Cl)ccc1OC)S(=O)(=O)c1ccc(C)cc1. The Kier molecular flexibility index (Phi) is 12.2. The van der Waals surface area contributed by atoms with E-state index in [1.54, 1.807) is 43.3 Å². The molecule has 12 heteroatoms. The number of methoxy groups -OCH3 is 1. The fourth-order valence-corrected chi connectivity index (χ4v) is 6.31. The lowest BCUT2D eigenvalue weighted by atomic mass is 10.1. The molecule has 0 heterocycles. The third-order valence-electron chi connectivity index (χ3n) is 7.02. The summed E-state index contributed by atoms with van der Waals surface area (Å²) in [6, 6.07) is 14.7. The number of sulfonamides is 1. The fraction of sp³-hybridized carbons (Fsp3) is 0.355. The number of carbonyl (C=O) groups is 2. The van der Waals surface area contributed by atoms with Gasteiger partial charge in [0.2, 0.25) is 11.8 Å². The molecule has 0 unspecified atom stereocenters. The normalized spacial score (nSPS) is 12.7. The number of nitrogens with zero attached hydrogens (tertiary/aromatic N) is 2. The molecule has 0 radical (unpaired) electrons. The Morgan fingerprint density at radius 1 is 0.930 bits per heavy atom. The van der Waals surface area contributed by atoms with Gasteiger partial charge in [-0.3, -0.25) is 13.9 Å². The zero-order chi connectivity index (χ0) is 31.9. The Labute approximate surface area is 268 Å². The first-order valence-corrected chi connectivity index (χ1v) is 16.4. The van der Waals surface area contributed by atoms with Crippen molar-refractivity contribution in [3.63, 3.8) is 0 Å². The summed E-state index contributed by atoms with van der Waals surface area (Å²) in [7, 11) is -2.90. The van der Waals surface area contributed by atoms with E-state index in [2.05, 4.69) is 5.32 Å². The molecular weight excluding hydrogens is 633 g/mol. The van der Waals surface area contributed by atoms with Crippen molar-refractivity contribution in [1.29, 1.82) is 0 Å². The molecular formula is C31H36Cl3N3O5S. The van der Waals surface area contributed by atoms with Crippen LogP contribution in [0.5, 0.6) is 5.75 Å². The zero-order valence-electron chi connectivity index (χ0n) is 24.7. The minimum Gasteiger partial charge on any atom is -0.495 e. The second kappa shape index (κ2) is 15.1. The van der Waals surface area contributed by atoms with Crippen LogP contribution in [0.25, 0.3) is 0 Å². The van der Waals surface area contributed by atoms with Crippen LogP contribution in [-0.4, -0.2) is 50.9 Å². The Bertz CT molecular complexity index is 1550. The maximum Gasteiger partial charge on any atom is 0.264 e. The van der Waals surface area contributed by atoms with Crippen molar-refractivity contribution in [2.45, 2.75) is 64.1 Å². The van der Waals surface area contributed by atoms with Crippen molar-refractivity contribution in [1.82, 2.24) is 10.2 Å². The molecule has 0 fully saturated rings. The van der Waals surface area contributed by atoms with Crippen molar-refractivity contribution in [3.8, 4) is 5.75 Å². The van der Waals surface area contributed by atoms with E-state index in [-0.39, 0.29) is 51.3 Å². The van der Waals surface area contributed by atoms with Crippen molar-refractivity contribution in [2.75, 3.05) is 18.0 Å². The van der Waals surface area contributed by atoms with Crippen LogP contribution < -0.4 is 14.4 Å². The first-order valence-electron chi connectivity index (χ1n) is 13.8. The second-order valence-electron chi connectivity index (χ2n) is 10.2. The van der Waals surface area contributed by atoms with Crippen molar-refractivity contribution >= 4 is 62.3 Å². The number of carbonyl (C=O) groups excluding carboxylic acids is 2. The molecule has 3 aromatic carbocycles. The highest BCUT2D eigenvalue weighted by Gasteiger charge is 2.35. The first-order chi connectivity index (χ1) is 20.3. The average Bonchev–Trinajstić information content (AvgIpc) is 2.97. The molecule has 232 valence electrons. The molecule has 0 aliphatic rings. The van der Waals surface area contributed by atoms with Gasteiger partial charge in [0.05, 0.1) is 27.7 Å². The Morgan fingerprint density at radius 2 is 1.60 bits per heavy atom. The van der Waals surface area contributed by atoms with E-state index in [9.17, 15) is 18.0 Å². The maximum atomic E-state index is 14.3. The highest BCUT2D eigenvalue weighted by atomic mass is 35.5. The van der Waals surface area contributed by atoms with Gasteiger partial charge in [0.15, 0.2) is 0 Å². The summed E-state index contributed by atoms with van der Waals surface area (Å²) < 4.78 is 34.7. The molecule has 43 heavy (non-hydrogen) atoms. The molecule has 2 atom stereocenters. The number of hydrogen-bond acceptors (Lipinski definition) is 5. The molecule has 0 spiro atoms. The van der Waals surface area contributed by atoms with E-state index in [0.717, 1.165) is 9.87 Å². The third-order valence-corrected chi connectivity index (χ3v) is 9.77. The highest BCUT2D eigenvalue weighted by molar-refractivity contribution is 7.92. The van der Waals surface area contributed by atoms with Gasteiger partial charge in [-0.25, -0.2) is 8.42 Å². The molecule has 0 aromatic heterocycles. The summed E-state index contributed by atoms with van der Waals surface area (Å²) in [6.45, 7) is 6.78. The quantitative estimate of drug-likeness (QED) is 0.214. The van der Waals surface area contributed by atoms with E-state index >= 15 is 0 Å². The van der Waals surface area contributed by atoms with Crippen molar-refractivity contribution in [2.24, 2.45) is 0 Å². The largest absolute Gasteiger partial charge is 0.495 e. The lowest BCUT2D eigenvalue weighted by Crippen LogP contribution is -2.53. The number of benzene rings is 3. The second-order valence-corrected chi connectivity index (χ2v) is 13.3. The van der Waals surface area contributed by atoms with Crippen LogP contribution in [0.4, 0.5) is 5.69 Å². The summed E-state index contributed by atoms with van der Waals surface area (Å²) >= 11 is 18.7. The van der Waals surface area contributed by atoms with E-state index in [1.807, 2.05) is 20.8 Å². The molecule has 0 aliphatic carbocycles. The Balaban J connectivity index is 2.14. The van der Waals surface area contributed by atoms with Crippen molar-refractivity contribution < 1.29 is 22.7 Å². The van der Waals surface area contributed by atoms with Gasteiger partial charge in [0, 0.05) is 17.6 Å². The van der Waals surface area contributed by atoms with Gasteiger partial charge in [-0.2, -0.15) is 0 Å². The van der Waals surface area contributed by atoms with Gasteiger partial charge >= 0.3 is 0 Å². The maximum absolute atomic E-state index is 14.3. The molecule has 1 N–H and O–H groups in total. The molecule has 0 saturated heterocycles. The molecule has 0 saturated carbocycles. The Morgan fingerprint density at radius 3 is 2.19 bits per heavy atom. The van der Waals surface area contributed by atoms with Gasteiger partial charge < -0.3 is 15.0 Å². The smallest absolute Gasteiger partial charge is 0.264 e. The lowest BCUT2D eigenvalue weighted by molar-refractivity contribution is -0.140. The van der Waals surface area contributed by atoms with Gasteiger partial charge in [-0.05, 0) is 74.7 Å². The van der Waals surface area contributed by atoms with Crippen LogP contribution in [0, 0.1) is 6.92 Å². The predicted molar refractivity (Wildman–Crippen MR) is 173 cm³/mol. The number of nitrogens with one attached hydrogen (secondary N) is 1. The molecule has 0 bridgehead atoms. The predicted octanol–water partition coefficient (Wildman–Crippen LogP) is 6.88. The van der Waals surface area contributed by atoms with E-state index in [1.165, 1.54) is 36.3 Å². The third kappa shape index (κ3) is 8.56. The van der Waals surface area contributed by atoms with Gasteiger partial charge in [-0.1, -0.05) is 72.4 Å². The van der Waals surface area contributed by atoms with E-state index in [4.69, 9.17) is 39.5 Å². The molecule has 2 amide bonds. The number of aryl methyl sites for hydroxylation is 1. The zero-order valence-corrected chi connectivity index (χ0v) is 27.8. The number of hydrogen-bond donors (Lipinski definition) is 1.